The number of ether oxygens (including phenoxy) is 3. The third-order valence-corrected chi connectivity index (χ3v) is 7.33. The van der Waals surface area contributed by atoms with Crippen LogP contribution in [0.2, 0.25) is 0 Å². The molecule has 2 saturated heterocycles. The summed E-state index contributed by atoms with van der Waals surface area (Å²) in [6, 6.07) is 9.77. The van der Waals surface area contributed by atoms with Crippen molar-refractivity contribution in [2.24, 2.45) is 0 Å². The molecule has 2 aliphatic heterocycles. The second-order valence-electron chi connectivity index (χ2n) is 9.93. The Bertz CT molecular complexity index is 1580. The number of carboxylic acid groups (broad SMARTS) is 1. The minimum atomic E-state index is -0.977. The number of aromatic carboxylic acids is 1. The van der Waals surface area contributed by atoms with Crippen molar-refractivity contribution >= 4 is 57.5 Å². The average molecular weight is 654 g/mol. The molecule has 0 unspecified atom stereocenters. The highest BCUT2D eigenvalue weighted by Gasteiger charge is 2.38. The Labute approximate surface area is 267 Å². The maximum absolute atomic E-state index is 13.8. The van der Waals surface area contributed by atoms with Gasteiger partial charge >= 0.3 is 5.97 Å². The molecule has 0 bridgehead atoms. The smallest absolute Gasteiger partial charge is 0.335 e. The molecule has 2 aliphatic rings. The first-order valence-corrected chi connectivity index (χ1v) is 13.0. The molecule has 0 saturated carbocycles. The normalized spacial score (nSPS) is 19.2. The van der Waals surface area contributed by atoms with E-state index in [-0.39, 0.29) is 76.7 Å². The fraction of sp³-hybridized carbons (Fsp3) is 0.357. The van der Waals surface area contributed by atoms with Crippen molar-refractivity contribution in [1.82, 2.24) is 24.4 Å². The van der Waals surface area contributed by atoms with Crippen LogP contribution in [0, 0.1) is 11.6 Å². The molecule has 232 valence electrons. The van der Waals surface area contributed by atoms with Crippen LogP contribution in [0.1, 0.15) is 35.4 Å². The van der Waals surface area contributed by atoms with Gasteiger partial charge < -0.3 is 23.9 Å². The molecule has 2 aromatic carbocycles. The summed E-state index contributed by atoms with van der Waals surface area (Å²) in [5.41, 5.74) is 1.75. The number of benzene rings is 2. The molecule has 2 aromatic heterocycles. The van der Waals surface area contributed by atoms with Crippen LogP contribution in [0.3, 0.4) is 0 Å². The SMILES string of the molecule is C[C@H]1[C@@H](Oc2ccnc(COc3ccc(F)cc3F)n2)CN1Cc1nc2ccc(C(=O)O)cc2n1C[C@@H]1CCO1.S.S.S. The van der Waals surface area contributed by atoms with Crippen LogP contribution in [0.5, 0.6) is 11.6 Å². The summed E-state index contributed by atoms with van der Waals surface area (Å²) in [5, 5.41) is 9.46. The second-order valence-corrected chi connectivity index (χ2v) is 9.93. The van der Waals surface area contributed by atoms with Crippen molar-refractivity contribution in [1.29, 1.82) is 0 Å². The Kier molecular flexibility index (Phi) is 11.7. The van der Waals surface area contributed by atoms with Crippen LogP contribution in [0.4, 0.5) is 8.78 Å². The third kappa shape index (κ3) is 7.52. The number of hydrogen-bond acceptors (Lipinski definition) is 8. The molecule has 2 fully saturated rings. The molecule has 4 aromatic rings. The number of likely N-dealkylation sites (tertiary alicyclic amines) is 1. The minimum Gasteiger partial charge on any atom is -0.483 e. The summed E-state index contributed by atoms with van der Waals surface area (Å²) < 4.78 is 46.2. The van der Waals surface area contributed by atoms with Gasteiger partial charge in [-0.3, -0.25) is 4.90 Å². The van der Waals surface area contributed by atoms with E-state index in [1.165, 1.54) is 6.07 Å². The first-order valence-electron chi connectivity index (χ1n) is 13.0. The highest BCUT2D eigenvalue weighted by molar-refractivity contribution is 7.59. The molecule has 0 amide bonds. The predicted octanol–water partition coefficient (Wildman–Crippen LogP) is 4.16. The number of carbonyl (C=O) groups is 1. The molecule has 43 heavy (non-hydrogen) atoms. The highest BCUT2D eigenvalue weighted by atomic mass is 32.1. The van der Waals surface area contributed by atoms with E-state index in [1.54, 1.807) is 30.5 Å². The lowest BCUT2D eigenvalue weighted by Crippen LogP contribution is -2.60. The summed E-state index contributed by atoms with van der Waals surface area (Å²) in [4.78, 5) is 27.1. The fourth-order valence-corrected chi connectivity index (χ4v) is 4.84. The van der Waals surface area contributed by atoms with Crippen molar-refractivity contribution in [3.63, 3.8) is 0 Å². The zero-order valence-electron chi connectivity index (χ0n) is 23.2. The number of imidazole rings is 1. The maximum Gasteiger partial charge on any atom is 0.335 e. The van der Waals surface area contributed by atoms with Gasteiger partial charge in [-0.1, -0.05) is 0 Å². The largest absolute Gasteiger partial charge is 0.483 e. The summed E-state index contributed by atoms with van der Waals surface area (Å²) in [5.74, 6) is -1.03. The van der Waals surface area contributed by atoms with Gasteiger partial charge in [0.2, 0.25) is 5.88 Å². The molecule has 6 rings (SSSR count). The fourth-order valence-electron chi connectivity index (χ4n) is 4.84. The van der Waals surface area contributed by atoms with Gasteiger partial charge in [0, 0.05) is 37.5 Å². The number of hydrogen-bond donors (Lipinski definition) is 1. The Morgan fingerprint density at radius 1 is 1.12 bits per heavy atom. The molecule has 3 atom stereocenters. The lowest BCUT2D eigenvalue weighted by molar-refractivity contribution is -0.0616. The van der Waals surface area contributed by atoms with Gasteiger partial charge in [-0.2, -0.15) is 45.5 Å². The molecule has 4 heterocycles. The van der Waals surface area contributed by atoms with E-state index in [1.807, 2.05) is 0 Å². The maximum atomic E-state index is 13.8. The van der Waals surface area contributed by atoms with Crippen LogP contribution >= 0.6 is 40.5 Å². The third-order valence-electron chi connectivity index (χ3n) is 7.33. The molecule has 1 N–H and O–H groups in total. The van der Waals surface area contributed by atoms with Crippen LogP contribution in [-0.2, 0) is 24.4 Å². The lowest BCUT2D eigenvalue weighted by Gasteiger charge is -2.45. The molecular weight excluding hydrogens is 621 g/mol. The first-order chi connectivity index (χ1) is 19.3. The van der Waals surface area contributed by atoms with E-state index in [0.717, 1.165) is 42.0 Å². The molecule has 0 aliphatic carbocycles. The van der Waals surface area contributed by atoms with Gasteiger partial charge in [0.25, 0.3) is 0 Å². The van der Waals surface area contributed by atoms with Crippen molar-refractivity contribution < 1.29 is 32.9 Å². The van der Waals surface area contributed by atoms with Gasteiger partial charge in [-0.25, -0.2) is 23.5 Å². The number of fused-ring (bicyclic) bond motifs is 1. The first kappa shape index (κ1) is 34.4. The Morgan fingerprint density at radius 3 is 2.58 bits per heavy atom. The minimum absolute atomic E-state index is 0. The predicted molar refractivity (Wildman–Crippen MR) is 169 cm³/mol. The monoisotopic (exact) mass is 653 g/mol. The summed E-state index contributed by atoms with van der Waals surface area (Å²) in [6.45, 7) is 4.51. The van der Waals surface area contributed by atoms with Gasteiger partial charge in [0.05, 0.1) is 35.8 Å². The summed E-state index contributed by atoms with van der Waals surface area (Å²) in [7, 11) is 0. The van der Waals surface area contributed by atoms with E-state index in [2.05, 4.69) is 26.4 Å². The number of nitrogens with zero attached hydrogens (tertiary/aromatic N) is 5. The van der Waals surface area contributed by atoms with Crippen LogP contribution in [-0.4, -0.2) is 66.9 Å². The summed E-state index contributed by atoms with van der Waals surface area (Å²) >= 11 is 0. The van der Waals surface area contributed by atoms with Gasteiger partial charge in [0.1, 0.15) is 24.4 Å². The van der Waals surface area contributed by atoms with E-state index in [0.29, 0.717) is 31.3 Å². The Morgan fingerprint density at radius 2 is 1.91 bits per heavy atom. The number of halogens is 2. The Balaban J connectivity index is 0.00000169. The van der Waals surface area contributed by atoms with E-state index < -0.39 is 17.6 Å². The van der Waals surface area contributed by atoms with Crippen LogP contribution in [0.25, 0.3) is 11.0 Å². The Hall–Kier alpha value is -3.11. The van der Waals surface area contributed by atoms with Crippen molar-refractivity contribution in [2.75, 3.05) is 13.2 Å². The average Bonchev–Trinajstić information content (AvgIpc) is 3.25. The molecule has 0 spiro atoms. The summed E-state index contributed by atoms with van der Waals surface area (Å²) in [6.07, 6.45) is 2.47. The van der Waals surface area contributed by atoms with Crippen molar-refractivity contribution in [3.8, 4) is 11.6 Å². The van der Waals surface area contributed by atoms with Crippen molar-refractivity contribution in [3.05, 3.63) is 77.5 Å². The van der Waals surface area contributed by atoms with Crippen LogP contribution in [0.15, 0.2) is 48.7 Å². The molecule has 0 radical (unpaired) electrons. The van der Waals surface area contributed by atoms with Crippen LogP contribution < -0.4 is 9.47 Å². The van der Waals surface area contributed by atoms with E-state index in [4.69, 9.17) is 19.2 Å². The topological polar surface area (TPSA) is 112 Å². The van der Waals surface area contributed by atoms with E-state index in [9.17, 15) is 18.7 Å². The van der Waals surface area contributed by atoms with Crippen molar-refractivity contribution in [2.45, 2.75) is 51.3 Å². The number of aromatic nitrogens is 4. The van der Waals surface area contributed by atoms with Gasteiger partial charge in [-0.05, 0) is 43.7 Å². The zero-order chi connectivity index (χ0) is 27.8. The molecule has 15 heteroatoms. The van der Waals surface area contributed by atoms with Gasteiger partial charge in [0.15, 0.2) is 17.4 Å². The lowest BCUT2D eigenvalue weighted by atomic mass is 10.0. The standard InChI is InChI=1S/C28H27F2N5O5.3H2S/c1-16-24(40-27-6-8-31-25(33-27)15-39-23-5-3-18(29)11-20(23)30)13-34(16)14-26-32-21-4-2-17(28(36)37)10-22(21)35(26)12-19-7-9-38-19;;;/h2-6,8,10-11,16,19,24H,7,9,12-15H2,1H3,(H,36,37);3*1H2/t16-,19-,24-;;;/m0.../s1. The second kappa shape index (κ2) is 14.6. The number of carboxylic acids is 1. The molecule has 10 nitrogen and oxygen atoms in total. The molecular formula is C28H33F2N5O5S3. The van der Waals surface area contributed by atoms with E-state index >= 15 is 0 Å². The zero-order valence-corrected chi connectivity index (χ0v) is 26.2. The van der Waals surface area contributed by atoms with Gasteiger partial charge in [-0.15, -0.1) is 0 Å². The quantitative estimate of drug-likeness (QED) is 0.270. The highest BCUT2D eigenvalue weighted by Crippen LogP contribution is 2.28. The number of rotatable bonds is 10.